The molecule has 106 valence electrons. The van der Waals surface area contributed by atoms with Gasteiger partial charge in [0.15, 0.2) is 0 Å². The van der Waals surface area contributed by atoms with Crippen molar-refractivity contribution in [2.75, 3.05) is 18.9 Å². The number of likely N-dealkylation sites (N-methyl/N-ethyl adjacent to an activating group) is 1. The van der Waals surface area contributed by atoms with Crippen LogP contribution in [0.2, 0.25) is 10.0 Å². The number of rotatable bonds is 5. The Labute approximate surface area is 132 Å². The Balaban J connectivity index is 1.87. The van der Waals surface area contributed by atoms with Crippen molar-refractivity contribution in [2.45, 2.75) is 6.54 Å². The van der Waals surface area contributed by atoms with E-state index < -0.39 is 0 Å². The molecule has 0 aliphatic rings. The molecule has 20 heavy (non-hydrogen) atoms. The first-order chi connectivity index (χ1) is 9.54. The van der Waals surface area contributed by atoms with Gasteiger partial charge in [-0.2, -0.15) is 11.3 Å². The molecular weight excluding hydrogens is 315 g/mol. The number of nitrogens with one attached hydrogen (secondary N) is 1. The summed E-state index contributed by atoms with van der Waals surface area (Å²) in [4.78, 5) is 13.9. The van der Waals surface area contributed by atoms with Crippen LogP contribution in [0.1, 0.15) is 5.56 Å². The fourth-order valence-electron chi connectivity index (χ4n) is 1.77. The molecule has 0 radical (unpaired) electrons. The van der Waals surface area contributed by atoms with Crippen LogP contribution in [0.3, 0.4) is 0 Å². The van der Waals surface area contributed by atoms with Gasteiger partial charge in [0.1, 0.15) is 0 Å². The number of anilines is 1. The van der Waals surface area contributed by atoms with Gasteiger partial charge in [0.05, 0.1) is 16.6 Å². The number of benzene rings is 1. The fourth-order valence-corrected chi connectivity index (χ4v) is 2.73. The summed E-state index contributed by atoms with van der Waals surface area (Å²) >= 11 is 13.4. The van der Waals surface area contributed by atoms with Gasteiger partial charge in [-0.1, -0.05) is 23.2 Å². The molecule has 0 bridgehead atoms. The number of halogens is 2. The molecule has 0 aliphatic carbocycles. The normalized spacial score (nSPS) is 10.8. The number of hydrogen-bond donors (Lipinski definition) is 1. The maximum Gasteiger partial charge on any atom is 0.238 e. The molecule has 0 saturated carbocycles. The number of amides is 1. The highest BCUT2D eigenvalue weighted by Gasteiger charge is 2.08. The molecule has 0 atom stereocenters. The summed E-state index contributed by atoms with van der Waals surface area (Å²) in [5.74, 6) is -0.0823. The fraction of sp³-hybridized carbons (Fsp3) is 0.214. The number of carbonyl (C=O) groups is 1. The Kier molecular flexibility index (Phi) is 5.43. The van der Waals surface area contributed by atoms with E-state index in [1.54, 1.807) is 29.5 Å². The highest BCUT2D eigenvalue weighted by atomic mass is 35.5. The molecule has 1 aromatic carbocycles. The molecule has 0 spiro atoms. The minimum Gasteiger partial charge on any atom is -0.325 e. The quantitative estimate of drug-likeness (QED) is 0.895. The first-order valence-electron chi connectivity index (χ1n) is 5.99. The van der Waals surface area contributed by atoms with E-state index in [1.165, 1.54) is 5.56 Å². The molecule has 6 heteroatoms. The number of nitrogens with zero attached hydrogens (tertiary/aromatic N) is 1. The van der Waals surface area contributed by atoms with Gasteiger partial charge in [-0.3, -0.25) is 9.69 Å². The van der Waals surface area contributed by atoms with E-state index >= 15 is 0 Å². The second-order valence-corrected chi connectivity index (χ2v) is 6.08. The molecule has 1 heterocycles. The SMILES string of the molecule is CN(CC(=O)Nc1ccc(Cl)c(Cl)c1)Cc1ccsc1. The third-order valence-electron chi connectivity index (χ3n) is 2.65. The molecule has 0 aliphatic heterocycles. The third-order valence-corrected chi connectivity index (χ3v) is 4.12. The zero-order chi connectivity index (χ0) is 14.5. The first-order valence-corrected chi connectivity index (χ1v) is 7.69. The van der Waals surface area contributed by atoms with Crippen LogP contribution in [0, 0.1) is 0 Å². The zero-order valence-electron chi connectivity index (χ0n) is 10.9. The van der Waals surface area contributed by atoms with Gasteiger partial charge in [0.2, 0.25) is 5.91 Å². The molecule has 2 rings (SSSR count). The Morgan fingerprint density at radius 3 is 2.75 bits per heavy atom. The largest absolute Gasteiger partial charge is 0.325 e. The molecular formula is C14H14Cl2N2OS. The summed E-state index contributed by atoms with van der Waals surface area (Å²) in [5.41, 5.74) is 1.85. The lowest BCUT2D eigenvalue weighted by Crippen LogP contribution is -2.29. The summed E-state index contributed by atoms with van der Waals surface area (Å²) in [7, 11) is 1.91. The van der Waals surface area contributed by atoms with E-state index in [4.69, 9.17) is 23.2 Å². The number of carbonyl (C=O) groups excluding carboxylic acids is 1. The maximum absolute atomic E-state index is 11.9. The monoisotopic (exact) mass is 328 g/mol. The Hall–Kier alpha value is -1.07. The Morgan fingerprint density at radius 2 is 2.10 bits per heavy atom. The van der Waals surface area contributed by atoms with Crippen molar-refractivity contribution in [1.82, 2.24) is 4.90 Å². The first kappa shape index (κ1) is 15.3. The van der Waals surface area contributed by atoms with Gasteiger partial charge in [-0.15, -0.1) is 0 Å². The van der Waals surface area contributed by atoms with E-state index in [1.807, 2.05) is 17.3 Å². The lowest BCUT2D eigenvalue weighted by Gasteiger charge is -2.15. The van der Waals surface area contributed by atoms with Crippen molar-refractivity contribution in [3.63, 3.8) is 0 Å². The van der Waals surface area contributed by atoms with E-state index in [0.29, 0.717) is 22.3 Å². The average Bonchev–Trinajstić information content (AvgIpc) is 2.86. The van der Waals surface area contributed by atoms with Crippen LogP contribution in [0.25, 0.3) is 0 Å². The van der Waals surface area contributed by atoms with Crippen LogP contribution < -0.4 is 5.32 Å². The Bertz CT molecular complexity index is 587. The highest BCUT2D eigenvalue weighted by molar-refractivity contribution is 7.07. The molecule has 1 aromatic heterocycles. The van der Waals surface area contributed by atoms with Crippen molar-refractivity contribution in [2.24, 2.45) is 0 Å². The van der Waals surface area contributed by atoms with Crippen molar-refractivity contribution in [3.05, 3.63) is 50.6 Å². The molecule has 0 saturated heterocycles. The van der Waals surface area contributed by atoms with E-state index in [0.717, 1.165) is 6.54 Å². The zero-order valence-corrected chi connectivity index (χ0v) is 13.2. The predicted octanol–water partition coefficient (Wildman–Crippen LogP) is 4.13. The van der Waals surface area contributed by atoms with E-state index in [9.17, 15) is 4.79 Å². The van der Waals surface area contributed by atoms with Gasteiger partial charge in [-0.25, -0.2) is 0 Å². The molecule has 0 fully saturated rings. The third kappa shape index (κ3) is 4.49. The van der Waals surface area contributed by atoms with Gasteiger partial charge < -0.3 is 5.32 Å². The summed E-state index contributed by atoms with van der Waals surface area (Å²) in [6.07, 6.45) is 0. The second-order valence-electron chi connectivity index (χ2n) is 4.48. The summed E-state index contributed by atoms with van der Waals surface area (Å²) in [5, 5.41) is 7.80. The molecule has 0 unspecified atom stereocenters. The molecule has 1 amide bonds. The minimum atomic E-state index is -0.0823. The summed E-state index contributed by atoms with van der Waals surface area (Å²) in [6, 6.07) is 7.08. The smallest absolute Gasteiger partial charge is 0.238 e. The predicted molar refractivity (Wildman–Crippen MR) is 85.7 cm³/mol. The lowest BCUT2D eigenvalue weighted by molar-refractivity contribution is -0.117. The standard InChI is InChI=1S/C14H14Cl2N2OS/c1-18(7-10-4-5-20-9-10)8-14(19)17-11-2-3-12(15)13(16)6-11/h2-6,9H,7-8H2,1H3,(H,17,19). The molecule has 1 N–H and O–H groups in total. The molecule has 3 nitrogen and oxygen atoms in total. The van der Waals surface area contributed by atoms with Crippen LogP contribution in [-0.4, -0.2) is 24.4 Å². The number of hydrogen-bond acceptors (Lipinski definition) is 3. The summed E-state index contributed by atoms with van der Waals surface area (Å²) in [6.45, 7) is 1.06. The van der Waals surface area contributed by atoms with Crippen LogP contribution in [-0.2, 0) is 11.3 Å². The van der Waals surface area contributed by atoms with Gasteiger partial charge >= 0.3 is 0 Å². The number of thiophene rings is 1. The van der Waals surface area contributed by atoms with Crippen LogP contribution >= 0.6 is 34.5 Å². The Morgan fingerprint density at radius 1 is 1.30 bits per heavy atom. The van der Waals surface area contributed by atoms with E-state index in [-0.39, 0.29) is 5.91 Å². The van der Waals surface area contributed by atoms with Crippen LogP contribution in [0.4, 0.5) is 5.69 Å². The average molecular weight is 329 g/mol. The lowest BCUT2D eigenvalue weighted by atomic mass is 10.3. The minimum absolute atomic E-state index is 0.0823. The summed E-state index contributed by atoms with van der Waals surface area (Å²) < 4.78 is 0. The maximum atomic E-state index is 11.9. The second kappa shape index (κ2) is 7.09. The van der Waals surface area contributed by atoms with E-state index in [2.05, 4.69) is 16.8 Å². The molecule has 2 aromatic rings. The van der Waals surface area contributed by atoms with Crippen molar-refractivity contribution >= 4 is 46.1 Å². The van der Waals surface area contributed by atoms with Gasteiger partial charge in [0.25, 0.3) is 0 Å². The van der Waals surface area contributed by atoms with Crippen molar-refractivity contribution in [1.29, 1.82) is 0 Å². The van der Waals surface area contributed by atoms with Gasteiger partial charge in [-0.05, 0) is 47.6 Å². The van der Waals surface area contributed by atoms with Crippen LogP contribution in [0.5, 0.6) is 0 Å². The highest BCUT2D eigenvalue weighted by Crippen LogP contribution is 2.24. The van der Waals surface area contributed by atoms with Crippen molar-refractivity contribution in [3.8, 4) is 0 Å². The van der Waals surface area contributed by atoms with Crippen molar-refractivity contribution < 1.29 is 4.79 Å². The topological polar surface area (TPSA) is 32.3 Å². The van der Waals surface area contributed by atoms with Crippen LogP contribution in [0.15, 0.2) is 35.0 Å². The van der Waals surface area contributed by atoms with Gasteiger partial charge in [0, 0.05) is 12.2 Å².